The van der Waals surface area contributed by atoms with Crippen molar-refractivity contribution in [2.24, 2.45) is 5.73 Å². The summed E-state index contributed by atoms with van der Waals surface area (Å²) in [6.45, 7) is 7.26. The third-order valence-corrected chi connectivity index (χ3v) is 3.34. The molecule has 0 aliphatic heterocycles. The number of aryl methyl sites for hydroxylation is 2. The van der Waals surface area contributed by atoms with E-state index in [1.54, 1.807) is 7.11 Å². The van der Waals surface area contributed by atoms with E-state index in [0.29, 0.717) is 5.92 Å². The molecule has 0 amide bonds. The summed E-state index contributed by atoms with van der Waals surface area (Å²) >= 11 is 0. The van der Waals surface area contributed by atoms with E-state index in [9.17, 15) is 0 Å². The van der Waals surface area contributed by atoms with Gasteiger partial charge < -0.3 is 10.5 Å². The van der Waals surface area contributed by atoms with Crippen LogP contribution in [0.3, 0.4) is 0 Å². The maximum Gasteiger partial charge on any atom is 0.125 e. The van der Waals surface area contributed by atoms with Gasteiger partial charge in [0, 0.05) is 0 Å². The highest BCUT2D eigenvalue weighted by Gasteiger charge is 2.16. The molecular formula is C15H25NO. The second-order valence-corrected chi connectivity index (χ2v) is 4.74. The van der Waals surface area contributed by atoms with Crippen molar-refractivity contribution < 1.29 is 4.74 Å². The topological polar surface area (TPSA) is 35.2 Å². The third-order valence-electron chi connectivity index (χ3n) is 3.34. The molecule has 2 nitrogen and oxygen atoms in total. The van der Waals surface area contributed by atoms with Gasteiger partial charge in [-0.15, -0.1) is 0 Å². The van der Waals surface area contributed by atoms with Crippen molar-refractivity contribution >= 4 is 0 Å². The molecule has 96 valence electrons. The van der Waals surface area contributed by atoms with E-state index in [2.05, 4.69) is 32.9 Å². The zero-order valence-corrected chi connectivity index (χ0v) is 11.5. The first kappa shape index (κ1) is 14.0. The van der Waals surface area contributed by atoms with Crippen molar-refractivity contribution in [3.8, 4) is 5.75 Å². The average Bonchev–Trinajstić information content (AvgIpc) is 2.29. The van der Waals surface area contributed by atoms with Gasteiger partial charge >= 0.3 is 0 Å². The van der Waals surface area contributed by atoms with E-state index in [4.69, 9.17) is 10.5 Å². The Labute approximate surface area is 105 Å². The lowest BCUT2D eigenvalue weighted by Gasteiger charge is -2.20. The summed E-state index contributed by atoms with van der Waals surface area (Å²) in [5.74, 6) is 1.62. The fraction of sp³-hybridized carbons (Fsp3) is 0.600. The van der Waals surface area contributed by atoms with Crippen LogP contribution in [0.4, 0.5) is 0 Å². The number of hydrogen-bond donors (Lipinski definition) is 1. The lowest BCUT2D eigenvalue weighted by molar-refractivity contribution is 0.398. The Morgan fingerprint density at radius 2 is 2.00 bits per heavy atom. The second-order valence-electron chi connectivity index (χ2n) is 4.74. The lowest BCUT2D eigenvalue weighted by atomic mass is 9.89. The van der Waals surface area contributed by atoms with Gasteiger partial charge in [-0.3, -0.25) is 0 Å². The summed E-state index contributed by atoms with van der Waals surface area (Å²) in [6, 6.07) is 4.44. The van der Waals surface area contributed by atoms with Crippen LogP contribution in [-0.2, 0) is 0 Å². The zero-order valence-electron chi connectivity index (χ0n) is 11.5. The molecule has 0 aliphatic rings. The van der Waals surface area contributed by atoms with Gasteiger partial charge in [0.15, 0.2) is 0 Å². The van der Waals surface area contributed by atoms with E-state index in [1.165, 1.54) is 16.7 Å². The molecule has 0 radical (unpaired) electrons. The van der Waals surface area contributed by atoms with E-state index in [-0.39, 0.29) is 0 Å². The van der Waals surface area contributed by atoms with Gasteiger partial charge in [0.25, 0.3) is 0 Å². The van der Waals surface area contributed by atoms with Gasteiger partial charge in [-0.05, 0) is 56.7 Å². The highest BCUT2D eigenvalue weighted by molar-refractivity contribution is 5.45. The maximum absolute atomic E-state index is 5.61. The van der Waals surface area contributed by atoms with Crippen LogP contribution in [0, 0.1) is 13.8 Å². The fourth-order valence-electron chi connectivity index (χ4n) is 2.51. The molecule has 0 saturated heterocycles. The Bertz CT molecular complexity index is 360. The van der Waals surface area contributed by atoms with Crippen molar-refractivity contribution in [1.29, 1.82) is 0 Å². The van der Waals surface area contributed by atoms with Crippen molar-refractivity contribution in [3.63, 3.8) is 0 Å². The van der Waals surface area contributed by atoms with E-state index in [0.717, 1.165) is 31.6 Å². The molecule has 1 unspecified atom stereocenters. The molecule has 0 fully saturated rings. The normalized spacial score (nSPS) is 12.5. The molecule has 0 aromatic heterocycles. The lowest BCUT2D eigenvalue weighted by Crippen LogP contribution is -2.06. The van der Waals surface area contributed by atoms with Crippen LogP contribution >= 0.6 is 0 Å². The van der Waals surface area contributed by atoms with Gasteiger partial charge in [0.05, 0.1) is 7.11 Å². The molecule has 0 heterocycles. The molecule has 0 spiro atoms. The largest absolute Gasteiger partial charge is 0.496 e. The Balaban J connectivity index is 3.07. The maximum atomic E-state index is 5.61. The Kier molecular flexibility index (Phi) is 5.49. The average molecular weight is 235 g/mol. The number of benzene rings is 1. The van der Waals surface area contributed by atoms with Gasteiger partial charge in [-0.25, -0.2) is 0 Å². The van der Waals surface area contributed by atoms with Crippen molar-refractivity contribution in [3.05, 3.63) is 28.8 Å². The standard InChI is InChI=1S/C15H25NO/c1-5-13(7-6-8-16)14-10-11(2)9-12(3)15(14)17-4/h9-10,13H,5-8,16H2,1-4H3. The smallest absolute Gasteiger partial charge is 0.125 e. The fourth-order valence-corrected chi connectivity index (χ4v) is 2.51. The molecule has 0 bridgehead atoms. The highest BCUT2D eigenvalue weighted by Crippen LogP contribution is 2.35. The van der Waals surface area contributed by atoms with Crippen LogP contribution in [0.25, 0.3) is 0 Å². The molecular weight excluding hydrogens is 210 g/mol. The van der Waals surface area contributed by atoms with Crippen LogP contribution in [0.15, 0.2) is 12.1 Å². The predicted octanol–water partition coefficient (Wildman–Crippen LogP) is 3.54. The summed E-state index contributed by atoms with van der Waals surface area (Å²) in [7, 11) is 1.76. The third kappa shape index (κ3) is 3.47. The monoisotopic (exact) mass is 235 g/mol. The van der Waals surface area contributed by atoms with Gasteiger partial charge in [-0.2, -0.15) is 0 Å². The van der Waals surface area contributed by atoms with Crippen molar-refractivity contribution in [2.75, 3.05) is 13.7 Å². The van der Waals surface area contributed by atoms with Gasteiger partial charge in [-0.1, -0.05) is 24.6 Å². The molecule has 1 rings (SSSR count). The van der Waals surface area contributed by atoms with E-state index < -0.39 is 0 Å². The summed E-state index contributed by atoms with van der Waals surface area (Å²) in [4.78, 5) is 0. The first-order valence-electron chi connectivity index (χ1n) is 6.49. The highest BCUT2D eigenvalue weighted by atomic mass is 16.5. The molecule has 17 heavy (non-hydrogen) atoms. The molecule has 1 aromatic carbocycles. The molecule has 0 aliphatic carbocycles. The van der Waals surface area contributed by atoms with Crippen LogP contribution in [0.5, 0.6) is 5.75 Å². The minimum Gasteiger partial charge on any atom is -0.496 e. The van der Waals surface area contributed by atoms with Crippen LogP contribution in [-0.4, -0.2) is 13.7 Å². The minimum atomic E-state index is 0.562. The van der Waals surface area contributed by atoms with E-state index >= 15 is 0 Å². The summed E-state index contributed by atoms with van der Waals surface area (Å²) in [5, 5.41) is 0. The minimum absolute atomic E-state index is 0.562. The first-order chi connectivity index (χ1) is 8.13. The number of rotatable bonds is 6. The number of hydrogen-bond acceptors (Lipinski definition) is 2. The van der Waals surface area contributed by atoms with Crippen LogP contribution in [0.2, 0.25) is 0 Å². The second kappa shape index (κ2) is 6.65. The zero-order chi connectivity index (χ0) is 12.8. The molecule has 2 heteroatoms. The molecule has 2 N–H and O–H groups in total. The number of nitrogens with two attached hydrogens (primary N) is 1. The molecule has 1 aromatic rings. The Hall–Kier alpha value is -1.02. The van der Waals surface area contributed by atoms with Gasteiger partial charge in [0.2, 0.25) is 0 Å². The molecule has 1 atom stereocenters. The number of ether oxygens (including phenoxy) is 1. The Morgan fingerprint density at radius 3 is 2.53 bits per heavy atom. The van der Waals surface area contributed by atoms with Crippen LogP contribution in [0.1, 0.15) is 48.8 Å². The SMILES string of the molecule is CCC(CCCN)c1cc(C)cc(C)c1OC. The van der Waals surface area contributed by atoms with Crippen LogP contribution < -0.4 is 10.5 Å². The molecule has 0 saturated carbocycles. The number of methoxy groups -OCH3 is 1. The first-order valence-corrected chi connectivity index (χ1v) is 6.49. The van der Waals surface area contributed by atoms with Gasteiger partial charge in [0.1, 0.15) is 5.75 Å². The van der Waals surface area contributed by atoms with Crippen molar-refractivity contribution in [2.45, 2.75) is 46.0 Å². The summed E-state index contributed by atoms with van der Waals surface area (Å²) in [5.41, 5.74) is 9.50. The van der Waals surface area contributed by atoms with E-state index in [1.807, 2.05) is 0 Å². The Morgan fingerprint density at radius 1 is 1.29 bits per heavy atom. The summed E-state index contributed by atoms with van der Waals surface area (Å²) in [6.07, 6.45) is 3.36. The van der Waals surface area contributed by atoms with Crippen molar-refractivity contribution in [1.82, 2.24) is 0 Å². The predicted molar refractivity (Wildman–Crippen MR) is 73.8 cm³/mol. The quantitative estimate of drug-likeness (QED) is 0.818. The summed E-state index contributed by atoms with van der Waals surface area (Å²) < 4.78 is 5.56.